The number of rotatable bonds is 6. The molecule has 2 heterocycles. The van der Waals surface area contributed by atoms with Crippen LogP contribution in [0.5, 0.6) is 0 Å². The summed E-state index contributed by atoms with van der Waals surface area (Å²) >= 11 is 0. The van der Waals surface area contributed by atoms with E-state index in [1.54, 1.807) is 29.9 Å². The molecule has 0 saturated heterocycles. The van der Waals surface area contributed by atoms with E-state index in [4.69, 9.17) is 4.52 Å². The Labute approximate surface area is 150 Å². The molecule has 3 aromatic rings. The number of aromatic nitrogens is 4. The van der Waals surface area contributed by atoms with Crippen LogP contribution in [0.15, 0.2) is 28.8 Å². The van der Waals surface area contributed by atoms with Crippen LogP contribution < -0.4 is 5.32 Å². The van der Waals surface area contributed by atoms with Gasteiger partial charge in [-0.15, -0.1) is 0 Å². The molecule has 0 aliphatic carbocycles. The minimum atomic E-state index is -0.420. The number of benzene rings is 1. The molecule has 8 heteroatoms. The first-order valence-electron chi connectivity index (χ1n) is 8.39. The lowest BCUT2D eigenvalue weighted by atomic mass is 10.2. The Kier molecular flexibility index (Phi) is 5.11. The molecule has 0 fully saturated rings. The molecule has 1 N–H and O–H groups in total. The molecule has 0 aliphatic rings. The third kappa shape index (κ3) is 3.63. The van der Waals surface area contributed by atoms with Crippen LogP contribution in [-0.2, 0) is 24.7 Å². The average molecular weight is 357 g/mol. The summed E-state index contributed by atoms with van der Waals surface area (Å²) in [6.45, 7) is 3.95. The van der Waals surface area contributed by atoms with E-state index >= 15 is 0 Å². The fourth-order valence-corrected chi connectivity index (χ4v) is 2.72. The van der Waals surface area contributed by atoms with Crippen LogP contribution in [0.4, 0.5) is 10.2 Å². The molecule has 0 atom stereocenters. The highest BCUT2D eigenvalue weighted by atomic mass is 19.1. The summed E-state index contributed by atoms with van der Waals surface area (Å²) in [6.07, 6.45) is 1.24. The largest absolute Gasteiger partial charge is 0.339 e. The predicted octanol–water partition coefficient (Wildman–Crippen LogP) is 3.05. The zero-order valence-corrected chi connectivity index (χ0v) is 14.9. The molecule has 3 rings (SSSR count). The number of nitrogens with one attached hydrogen (secondary N) is 1. The number of hydrogen-bond donors (Lipinski definition) is 1. The molecule has 2 aromatic heterocycles. The van der Waals surface area contributed by atoms with Crippen LogP contribution in [0.25, 0.3) is 11.4 Å². The van der Waals surface area contributed by atoms with Gasteiger partial charge in [-0.25, -0.2) is 4.39 Å². The Morgan fingerprint density at radius 1 is 1.35 bits per heavy atom. The number of aryl methyl sites for hydroxylation is 3. The summed E-state index contributed by atoms with van der Waals surface area (Å²) in [5, 5.41) is 11.0. The summed E-state index contributed by atoms with van der Waals surface area (Å²) in [5.41, 5.74) is 2.18. The predicted molar refractivity (Wildman–Crippen MR) is 94.0 cm³/mol. The number of halogens is 1. The number of carbonyl (C=O) groups is 1. The molecule has 1 aromatic carbocycles. The Bertz CT molecular complexity index is 932. The smallest absolute Gasteiger partial charge is 0.227 e. The molecule has 0 bridgehead atoms. The van der Waals surface area contributed by atoms with Crippen LogP contribution in [0.1, 0.15) is 30.5 Å². The van der Waals surface area contributed by atoms with Gasteiger partial charge < -0.3 is 9.84 Å². The van der Waals surface area contributed by atoms with E-state index in [0.717, 1.165) is 17.7 Å². The van der Waals surface area contributed by atoms with E-state index in [-0.39, 0.29) is 36.0 Å². The van der Waals surface area contributed by atoms with E-state index in [1.807, 2.05) is 13.8 Å². The van der Waals surface area contributed by atoms with Crippen molar-refractivity contribution in [3.63, 3.8) is 0 Å². The van der Waals surface area contributed by atoms with E-state index in [2.05, 4.69) is 20.6 Å². The molecule has 0 spiro atoms. The van der Waals surface area contributed by atoms with Gasteiger partial charge in [-0.05, 0) is 25.5 Å². The molecule has 0 unspecified atom stereocenters. The van der Waals surface area contributed by atoms with Gasteiger partial charge >= 0.3 is 0 Å². The topological polar surface area (TPSA) is 85.8 Å². The first-order chi connectivity index (χ1) is 12.5. The van der Waals surface area contributed by atoms with Gasteiger partial charge in [0.25, 0.3) is 0 Å². The first kappa shape index (κ1) is 17.8. The monoisotopic (exact) mass is 357 g/mol. The van der Waals surface area contributed by atoms with Gasteiger partial charge in [-0.2, -0.15) is 10.1 Å². The van der Waals surface area contributed by atoms with Gasteiger partial charge in [0.1, 0.15) is 11.6 Å². The first-order valence-corrected chi connectivity index (χ1v) is 8.39. The third-order valence-electron chi connectivity index (χ3n) is 4.12. The van der Waals surface area contributed by atoms with Crippen molar-refractivity contribution < 1.29 is 13.7 Å². The molecule has 0 radical (unpaired) electrons. The fourth-order valence-electron chi connectivity index (χ4n) is 2.72. The van der Waals surface area contributed by atoms with Crippen LogP contribution in [0.3, 0.4) is 0 Å². The van der Waals surface area contributed by atoms with E-state index in [9.17, 15) is 9.18 Å². The molecule has 1 amide bonds. The van der Waals surface area contributed by atoms with Crippen molar-refractivity contribution in [1.82, 2.24) is 19.9 Å². The average Bonchev–Trinajstić information content (AvgIpc) is 3.20. The van der Waals surface area contributed by atoms with E-state index < -0.39 is 5.82 Å². The van der Waals surface area contributed by atoms with E-state index in [0.29, 0.717) is 5.82 Å². The molecule has 0 aliphatic heterocycles. The van der Waals surface area contributed by atoms with Crippen molar-refractivity contribution in [2.75, 3.05) is 5.32 Å². The second-order valence-electron chi connectivity index (χ2n) is 5.94. The number of carbonyl (C=O) groups excluding carboxylic acids is 1. The van der Waals surface area contributed by atoms with Gasteiger partial charge in [-0.3, -0.25) is 9.48 Å². The zero-order chi connectivity index (χ0) is 18.7. The second-order valence-corrected chi connectivity index (χ2v) is 5.94. The molecule has 136 valence electrons. The highest BCUT2D eigenvalue weighted by Gasteiger charge is 2.16. The quantitative estimate of drug-likeness (QED) is 0.733. The van der Waals surface area contributed by atoms with Crippen molar-refractivity contribution in [3.05, 3.63) is 47.2 Å². The molecule has 0 saturated carbocycles. The third-order valence-corrected chi connectivity index (χ3v) is 4.12. The highest BCUT2D eigenvalue weighted by Crippen LogP contribution is 2.20. The summed E-state index contributed by atoms with van der Waals surface area (Å²) in [6, 6.07) is 6.20. The molecular weight excluding hydrogens is 337 g/mol. The van der Waals surface area contributed by atoms with Crippen LogP contribution >= 0.6 is 0 Å². The maximum atomic E-state index is 13.8. The van der Waals surface area contributed by atoms with Crippen LogP contribution in [0, 0.1) is 12.7 Å². The maximum Gasteiger partial charge on any atom is 0.227 e. The summed E-state index contributed by atoms with van der Waals surface area (Å²) in [4.78, 5) is 16.4. The van der Waals surface area contributed by atoms with Crippen molar-refractivity contribution in [1.29, 1.82) is 0 Å². The van der Waals surface area contributed by atoms with Gasteiger partial charge in [0, 0.05) is 25.5 Å². The summed E-state index contributed by atoms with van der Waals surface area (Å²) in [5.74, 6) is 0.549. The number of nitrogens with zero attached hydrogens (tertiary/aromatic N) is 4. The molecule has 7 nitrogen and oxygen atoms in total. The van der Waals surface area contributed by atoms with Crippen molar-refractivity contribution in [3.8, 4) is 11.4 Å². The highest BCUT2D eigenvalue weighted by molar-refractivity contribution is 5.90. The lowest BCUT2D eigenvalue weighted by Crippen LogP contribution is -2.15. The second kappa shape index (κ2) is 7.47. The minimum Gasteiger partial charge on any atom is -0.339 e. The lowest BCUT2D eigenvalue weighted by Gasteiger charge is -2.05. The summed E-state index contributed by atoms with van der Waals surface area (Å²) in [7, 11) is 1.79. The Hall–Kier alpha value is -3.03. The van der Waals surface area contributed by atoms with Gasteiger partial charge in [0.05, 0.1) is 11.3 Å². The van der Waals surface area contributed by atoms with Gasteiger partial charge in [0.15, 0.2) is 0 Å². The Morgan fingerprint density at radius 3 is 2.81 bits per heavy atom. The zero-order valence-electron chi connectivity index (χ0n) is 14.9. The van der Waals surface area contributed by atoms with Crippen molar-refractivity contribution in [2.24, 2.45) is 7.05 Å². The SMILES string of the molecule is CCc1nn(C)c(NC(=O)CCc2nc(-c3ccccc3F)no2)c1C. The van der Waals surface area contributed by atoms with Gasteiger partial charge in [-0.1, -0.05) is 24.2 Å². The fraction of sp³-hybridized carbons (Fsp3) is 0.333. The number of hydrogen-bond acceptors (Lipinski definition) is 5. The normalized spacial score (nSPS) is 10.9. The van der Waals surface area contributed by atoms with Crippen LogP contribution in [-0.4, -0.2) is 25.8 Å². The lowest BCUT2D eigenvalue weighted by molar-refractivity contribution is -0.116. The van der Waals surface area contributed by atoms with Gasteiger partial charge in [0.2, 0.25) is 17.6 Å². The van der Waals surface area contributed by atoms with Crippen molar-refractivity contribution >= 4 is 11.7 Å². The Morgan fingerprint density at radius 2 is 2.12 bits per heavy atom. The Balaban J connectivity index is 1.62. The van der Waals surface area contributed by atoms with Crippen molar-refractivity contribution in [2.45, 2.75) is 33.1 Å². The number of anilines is 1. The van der Waals surface area contributed by atoms with Crippen LogP contribution in [0.2, 0.25) is 0 Å². The summed E-state index contributed by atoms with van der Waals surface area (Å²) < 4.78 is 20.5. The molecule has 26 heavy (non-hydrogen) atoms. The molecular formula is C18H20FN5O2. The minimum absolute atomic E-state index is 0.172. The van der Waals surface area contributed by atoms with E-state index in [1.165, 1.54) is 6.07 Å². The number of amides is 1. The maximum absolute atomic E-state index is 13.8. The standard InChI is InChI=1S/C18H20FN5O2/c1-4-14-11(2)18(24(3)22-14)20-15(25)9-10-16-21-17(23-26-16)12-7-5-6-8-13(12)19/h5-8H,4,9-10H2,1-3H3,(H,20,25).